The average molecular weight is 456 g/mol. The average Bonchev–Trinajstić information content (AvgIpc) is 3.14. The van der Waals surface area contributed by atoms with E-state index in [1.165, 1.54) is 18.3 Å². The fourth-order valence-corrected chi connectivity index (χ4v) is 2.95. The number of nitrogens with one attached hydrogen (secondary N) is 2. The molecule has 0 saturated heterocycles. The molecular weight excluding hydrogens is 442 g/mol. The van der Waals surface area contributed by atoms with Crippen molar-refractivity contribution in [3.05, 3.63) is 76.0 Å². The molecule has 5 nitrogen and oxygen atoms in total. The van der Waals surface area contributed by atoms with Crippen LogP contribution < -0.4 is 10.7 Å². The molecule has 2 N–H and O–H groups in total. The Morgan fingerprint density at radius 1 is 1.10 bits per heavy atom. The maximum atomic E-state index is 12.7. The largest absolute Gasteiger partial charge is 0.455 e. The molecule has 10 heteroatoms. The minimum Gasteiger partial charge on any atom is -0.455 e. The van der Waals surface area contributed by atoms with Crippen LogP contribution in [-0.2, 0) is 11.0 Å². The summed E-state index contributed by atoms with van der Waals surface area (Å²) in [6.45, 7) is -0.261. The summed E-state index contributed by atoms with van der Waals surface area (Å²) >= 11 is 12.0. The molecule has 156 valence electrons. The Labute approximate surface area is 179 Å². The van der Waals surface area contributed by atoms with Crippen LogP contribution in [-0.4, -0.2) is 18.7 Å². The number of rotatable bonds is 6. The van der Waals surface area contributed by atoms with Gasteiger partial charge in [0, 0.05) is 16.3 Å². The molecule has 3 rings (SSSR count). The van der Waals surface area contributed by atoms with Gasteiger partial charge in [-0.3, -0.25) is 4.79 Å². The molecule has 1 aromatic heterocycles. The van der Waals surface area contributed by atoms with Crippen molar-refractivity contribution in [1.29, 1.82) is 0 Å². The van der Waals surface area contributed by atoms with Gasteiger partial charge >= 0.3 is 6.18 Å². The lowest BCUT2D eigenvalue weighted by molar-refractivity contribution is -0.137. The fraction of sp³-hybridized carbons (Fsp3) is 0.100. The van der Waals surface area contributed by atoms with Crippen LogP contribution in [0.3, 0.4) is 0 Å². The molecule has 0 bridgehead atoms. The second-order valence-electron chi connectivity index (χ2n) is 6.05. The first-order chi connectivity index (χ1) is 14.2. The summed E-state index contributed by atoms with van der Waals surface area (Å²) in [6, 6.07) is 12.9. The van der Waals surface area contributed by atoms with Crippen molar-refractivity contribution in [3.63, 3.8) is 0 Å². The van der Waals surface area contributed by atoms with Crippen LogP contribution in [0.1, 0.15) is 11.3 Å². The van der Waals surface area contributed by atoms with E-state index in [0.717, 1.165) is 12.1 Å². The molecule has 3 aromatic rings. The third-order valence-corrected chi connectivity index (χ3v) is 4.40. The van der Waals surface area contributed by atoms with Crippen LogP contribution in [0.4, 0.5) is 18.9 Å². The number of anilines is 1. The first-order valence-corrected chi connectivity index (χ1v) is 9.26. The fourth-order valence-electron chi connectivity index (χ4n) is 2.45. The number of nitrogens with zero attached hydrogens (tertiary/aromatic N) is 1. The van der Waals surface area contributed by atoms with E-state index in [1.54, 1.807) is 30.3 Å². The minimum absolute atomic E-state index is 0.166. The SMILES string of the molecule is O=C(CNc1cccc(C(F)(F)F)c1)N/N=C\c1ccc(-c2ccc(Cl)cc2Cl)o1. The lowest BCUT2D eigenvalue weighted by atomic mass is 10.2. The minimum atomic E-state index is -4.46. The van der Waals surface area contributed by atoms with Crippen LogP contribution in [0.15, 0.2) is 64.1 Å². The molecule has 0 spiro atoms. The predicted molar refractivity (Wildman–Crippen MR) is 110 cm³/mol. The number of hydrazone groups is 1. The number of carbonyl (C=O) groups is 1. The summed E-state index contributed by atoms with van der Waals surface area (Å²) in [7, 11) is 0. The van der Waals surface area contributed by atoms with Crippen molar-refractivity contribution >= 4 is 41.0 Å². The summed E-state index contributed by atoms with van der Waals surface area (Å²) < 4.78 is 43.7. The highest BCUT2D eigenvalue weighted by molar-refractivity contribution is 6.36. The summed E-state index contributed by atoms with van der Waals surface area (Å²) in [5.41, 5.74) is 2.27. The number of hydrogen-bond acceptors (Lipinski definition) is 4. The van der Waals surface area contributed by atoms with Crippen molar-refractivity contribution in [1.82, 2.24) is 5.43 Å². The van der Waals surface area contributed by atoms with E-state index < -0.39 is 17.6 Å². The monoisotopic (exact) mass is 455 g/mol. The third-order valence-electron chi connectivity index (χ3n) is 3.85. The molecule has 30 heavy (non-hydrogen) atoms. The third kappa shape index (κ3) is 5.77. The van der Waals surface area contributed by atoms with Crippen molar-refractivity contribution in [2.45, 2.75) is 6.18 Å². The number of alkyl halides is 3. The van der Waals surface area contributed by atoms with Gasteiger partial charge in [0.2, 0.25) is 0 Å². The van der Waals surface area contributed by atoms with Crippen molar-refractivity contribution in [2.24, 2.45) is 5.10 Å². The Kier molecular flexibility index (Phi) is 6.69. The Morgan fingerprint density at radius 3 is 2.63 bits per heavy atom. The molecule has 0 aliphatic heterocycles. The van der Waals surface area contributed by atoms with Crippen molar-refractivity contribution in [3.8, 4) is 11.3 Å². The van der Waals surface area contributed by atoms with E-state index in [1.807, 2.05) is 0 Å². The zero-order valence-corrected chi connectivity index (χ0v) is 16.6. The number of benzene rings is 2. The Balaban J connectivity index is 1.53. The molecule has 0 aliphatic carbocycles. The molecule has 0 saturated carbocycles. The van der Waals surface area contributed by atoms with E-state index in [9.17, 15) is 18.0 Å². The molecule has 0 unspecified atom stereocenters. The van der Waals surface area contributed by atoms with Gasteiger partial charge in [0.25, 0.3) is 5.91 Å². The topological polar surface area (TPSA) is 66.6 Å². The molecule has 0 atom stereocenters. The predicted octanol–water partition coefficient (Wildman–Crippen LogP) is 5.83. The van der Waals surface area contributed by atoms with Crippen LogP contribution in [0.2, 0.25) is 10.0 Å². The van der Waals surface area contributed by atoms with Gasteiger partial charge in [0.15, 0.2) is 0 Å². The molecule has 0 fully saturated rings. The normalized spacial score (nSPS) is 11.6. The van der Waals surface area contributed by atoms with Gasteiger partial charge in [0.05, 0.1) is 23.3 Å². The van der Waals surface area contributed by atoms with Gasteiger partial charge in [-0.2, -0.15) is 18.3 Å². The summed E-state index contributed by atoms with van der Waals surface area (Å²) in [5.74, 6) is 0.314. The van der Waals surface area contributed by atoms with Crippen LogP contribution >= 0.6 is 23.2 Å². The summed E-state index contributed by atoms with van der Waals surface area (Å²) in [4.78, 5) is 11.8. The van der Waals surface area contributed by atoms with Gasteiger partial charge < -0.3 is 9.73 Å². The zero-order chi connectivity index (χ0) is 21.7. The molecule has 0 radical (unpaired) electrons. The van der Waals surface area contributed by atoms with Gasteiger partial charge in [-0.15, -0.1) is 0 Å². The molecule has 1 heterocycles. The van der Waals surface area contributed by atoms with Crippen LogP contribution in [0, 0.1) is 0 Å². The summed E-state index contributed by atoms with van der Waals surface area (Å²) in [5, 5.41) is 7.29. The number of hydrogen-bond donors (Lipinski definition) is 2. The Bertz CT molecular complexity index is 1080. The number of carbonyl (C=O) groups excluding carboxylic acids is 1. The van der Waals surface area contributed by atoms with Gasteiger partial charge in [-0.05, 0) is 48.5 Å². The van der Waals surface area contributed by atoms with E-state index in [-0.39, 0.29) is 12.2 Å². The highest BCUT2D eigenvalue weighted by Crippen LogP contribution is 2.31. The highest BCUT2D eigenvalue weighted by Gasteiger charge is 2.30. The molecule has 1 amide bonds. The van der Waals surface area contributed by atoms with E-state index >= 15 is 0 Å². The number of halogens is 5. The molecule has 2 aromatic carbocycles. The maximum absolute atomic E-state index is 12.7. The first-order valence-electron chi connectivity index (χ1n) is 8.50. The highest BCUT2D eigenvalue weighted by atomic mass is 35.5. The van der Waals surface area contributed by atoms with E-state index in [0.29, 0.717) is 27.1 Å². The van der Waals surface area contributed by atoms with Gasteiger partial charge in [-0.25, -0.2) is 5.43 Å². The summed E-state index contributed by atoms with van der Waals surface area (Å²) in [6.07, 6.45) is -3.17. The van der Waals surface area contributed by atoms with Crippen molar-refractivity contribution < 1.29 is 22.4 Å². The molecular formula is C20H14Cl2F3N3O2. The second-order valence-corrected chi connectivity index (χ2v) is 6.90. The van der Waals surface area contributed by atoms with E-state index in [4.69, 9.17) is 27.6 Å². The lowest BCUT2D eigenvalue weighted by Gasteiger charge is -2.09. The first kappa shape index (κ1) is 21.7. The smallest absolute Gasteiger partial charge is 0.416 e. The number of furan rings is 1. The van der Waals surface area contributed by atoms with E-state index in [2.05, 4.69) is 15.8 Å². The van der Waals surface area contributed by atoms with Crippen LogP contribution in [0.25, 0.3) is 11.3 Å². The zero-order valence-electron chi connectivity index (χ0n) is 15.1. The standard InChI is InChI=1S/C20H14Cl2F3N3O2/c21-13-4-6-16(17(22)9-13)18-7-5-15(30-18)10-27-28-19(29)11-26-14-3-1-2-12(8-14)20(23,24)25/h1-10,26H,11H2,(H,28,29)/b27-10-. The Hall–Kier alpha value is -2.97. The second kappa shape index (κ2) is 9.23. The number of amides is 1. The molecule has 0 aliphatic rings. The van der Waals surface area contributed by atoms with Gasteiger partial charge in [-0.1, -0.05) is 29.3 Å². The quantitative estimate of drug-likeness (QED) is 0.362. The van der Waals surface area contributed by atoms with Gasteiger partial charge in [0.1, 0.15) is 11.5 Å². The van der Waals surface area contributed by atoms with Crippen LogP contribution in [0.5, 0.6) is 0 Å². The lowest BCUT2D eigenvalue weighted by Crippen LogP contribution is -2.26. The van der Waals surface area contributed by atoms with Crippen molar-refractivity contribution in [2.75, 3.05) is 11.9 Å². The Morgan fingerprint density at radius 2 is 1.90 bits per heavy atom. The maximum Gasteiger partial charge on any atom is 0.416 e.